The van der Waals surface area contributed by atoms with E-state index in [4.69, 9.17) is 17.0 Å². The summed E-state index contributed by atoms with van der Waals surface area (Å²) in [6, 6.07) is 2.32. The third-order valence-corrected chi connectivity index (χ3v) is 2.91. The van der Waals surface area contributed by atoms with E-state index in [0.717, 1.165) is 6.07 Å². The Labute approximate surface area is 123 Å². The highest BCUT2D eigenvalue weighted by molar-refractivity contribution is 7.71. The SMILES string of the molecule is COc1cc([N+](=O)[O-])c(/C=N/n2c(C)n[nH]c2=S)cc1O. The van der Waals surface area contributed by atoms with Gasteiger partial charge in [0.25, 0.3) is 5.69 Å². The van der Waals surface area contributed by atoms with E-state index in [1.807, 2.05) is 0 Å². The summed E-state index contributed by atoms with van der Waals surface area (Å²) in [5.41, 5.74) is -0.137. The van der Waals surface area contributed by atoms with E-state index in [9.17, 15) is 15.2 Å². The van der Waals surface area contributed by atoms with Crippen molar-refractivity contribution < 1.29 is 14.8 Å². The monoisotopic (exact) mass is 309 g/mol. The number of nitro benzene ring substituents is 1. The van der Waals surface area contributed by atoms with Crippen LogP contribution in [0.5, 0.6) is 11.5 Å². The number of hydrogen-bond acceptors (Lipinski definition) is 7. The second-order valence-electron chi connectivity index (χ2n) is 3.97. The number of methoxy groups -OCH3 is 1. The van der Waals surface area contributed by atoms with E-state index in [1.165, 1.54) is 24.1 Å². The van der Waals surface area contributed by atoms with E-state index < -0.39 is 4.92 Å². The molecule has 1 aromatic heterocycles. The molecule has 0 amide bonds. The Kier molecular flexibility index (Phi) is 3.98. The average Bonchev–Trinajstić information content (AvgIpc) is 2.75. The fourth-order valence-electron chi connectivity index (χ4n) is 1.63. The zero-order valence-corrected chi connectivity index (χ0v) is 11.9. The van der Waals surface area contributed by atoms with Crippen molar-refractivity contribution in [1.29, 1.82) is 0 Å². The van der Waals surface area contributed by atoms with Crippen LogP contribution in [-0.2, 0) is 0 Å². The molecule has 0 spiro atoms. The number of hydrogen-bond donors (Lipinski definition) is 2. The first-order chi connectivity index (χ1) is 9.93. The number of benzene rings is 1. The van der Waals surface area contributed by atoms with Gasteiger partial charge in [-0.1, -0.05) is 0 Å². The smallest absolute Gasteiger partial charge is 0.282 e. The number of aromatic amines is 1. The maximum atomic E-state index is 11.1. The van der Waals surface area contributed by atoms with Crippen LogP contribution in [0.15, 0.2) is 17.2 Å². The fraction of sp³-hybridized carbons (Fsp3) is 0.182. The molecule has 2 rings (SSSR count). The highest BCUT2D eigenvalue weighted by Crippen LogP contribution is 2.32. The predicted molar refractivity (Wildman–Crippen MR) is 76.5 cm³/mol. The van der Waals surface area contributed by atoms with Crippen LogP contribution in [0.25, 0.3) is 0 Å². The first kappa shape index (κ1) is 14.7. The van der Waals surface area contributed by atoms with E-state index in [-0.39, 0.29) is 27.5 Å². The minimum absolute atomic E-state index is 0.00922. The van der Waals surface area contributed by atoms with Crippen LogP contribution in [-0.4, -0.2) is 38.2 Å². The van der Waals surface area contributed by atoms with Crippen molar-refractivity contribution in [2.75, 3.05) is 7.11 Å². The standard InChI is InChI=1S/C11H11N5O4S/c1-6-13-14-11(21)15(6)12-5-7-3-9(17)10(20-2)4-8(7)16(18)19/h3-5,17H,1-2H3,(H,14,21)/b12-5+. The zero-order valence-electron chi connectivity index (χ0n) is 11.1. The summed E-state index contributed by atoms with van der Waals surface area (Å²) in [6.45, 7) is 1.67. The van der Waals surface area contributed by atoms with E-state index >= 15 is 0 Å². The third kappa shape index (κ3) is 2.89. The van der Waals surface area contributed by atoms with Crippen molar-refractivity contribution in [3.63, 3.8) is 0 Å². The van der Waals surface area contributed by atoms with Gasteiger partial charge in [0.2, 0.25) is 4.77 Å². The molecule has 0 radical (unpaired) electrons. The highest BCUT2D eigenvalue weighted by Gasteiger charge is 2.17. The summed E-state index contributed by atoms with van der Waals surface area (Å²) in [5.74, 6) is 0.281. The molecule has 10 heteroatoms. The van der Waals surface area contributed by atoms with Gasteiger partial charge in [-0.15, -0.1) is 0 Å². The van der Waals surface area contributed by atoms with Gasteiger partial charge in [-0.3, -0.25) is 15.2 Å². The third-order valence-electron chi connectivity index (χ3n) is 2.65. The molecule has 0 aliphatic carbocycles. The van der Waals surface area contributed by atoms with Gasteiger partial charge in [0.05, 0.1) is 29.9 Å². The molecule has 0 bridgehead atoms. The summed E-state index contributed by atoms with van der Waals surface area (Å²) in [7, 11) is 1.31. The number of phenolic OH excluding ortho intramolecular Hbond substituents is 1. The first-order valence-electron chi connectivity index (χ1n) is 5.67. The first-order valence-corrected chi connectivity index (χ1v) is 6.08. The summed E-state index contributed by atoms with van der Waals surface area (Å²) in [4.78, 5) is 10.5. The van der Waals surface area contributed by atoms with Gasteiger partial charge in [-0.25, -0.2) is 0 Å². The Bertz CT molecular complexity index is 779. The van der Waals surface area contributed by atoms with Crippen molar-refractivity contribution in [3.8, 4) is 11.5 Å². The number of aromatic nitrogens is 3. The molecule has 2 aromatic rings. The summed E-state index contributed by atoms with van der Waals surface area (Å²) < 4.78 is 6.40. The molecule has 0 aliphatic rings. The Morgan fingerprint density at radius 3 is 2.86 bits per heavy atom. The number of nitrogens with zero attached hydrogens (tertiary/aromatic N) is 4. The molecule has 1 aromatic carbocycles. The number of H-pyrrole nitrogens is 1. The van der Waals surface area contributed by atoms with Crippen LogP contribution in [0.4, 0.5) is 5.69 Å². The normalized spacial score (nSPS) is 11.0. The van der Waals surface area contributed by atoms with Gasteiger partial charge in [0.1, 0.15) is 5.82 Å². The number of nitrogens with one attached hydrogen (secondary N) is 1. The number of phenols is 1. The molecule has 9 nitrogen and oxygen atoms in total. The molecule has 0 fully saturated rings. The molecular weight excluding hydrogens is 298 g/mol. The molecule has 2 N–H and O–H groups in total. The van der Waals surface area contributed by atoms with Gasteiger partial charge in [-0.2, -0.15) is 14.9 Å². The average molecular weight is 309 g/mol. The molecular formula is C11H11N5O4S. The number of ether oxygens (including phenoxy) is 1. The molecule has 0 unspecified atom stereocenters. The van der Waals surface area contributed by atoms with Crippen molar-refractivity contribution in [2.24, 2.45) is 5.10 Å². The second kappa shape index (κ2) is 5.71. The van der Waals surface area contributed by atoms with Crippen molar-refractivity contribution in [3.05, 3.63) is 38.4 Å². The zero-order chi connectivity index (χ0) is 15.6. The Morgan fingerprint density at radius 1 is 1.62 bits per heavy atom. The van der Waals surface area contributed by atoms with Gasteiger partial charge >= 0.3 is 0 Å². The van der Waals surface area contributed by atoms with Crippen LogP contribution in [0.2, 0.25) is 0 Å². The number of aromatic hydroxyl groups is 1. The predicted octanol–water partition coefficient (Wildman–Crippen LogP) is 1.75. The Hall–Kier alpha value is -2.75. The minimum Gasteiger partial charge on any atom is -0.504 e. The fourth-order valence-corrected chi connectivity index (χ4v) is 1.85. The number of nitro groups is 1. The molecule has 21 heavy (non-hydrogen) atoms. The summed E-state index contributed by atoms with van der Waals surface area (Å²) >= 11 is 4.97. The lowest BCUT2D eigenvalue weighted by molar-refractivity contribution is -0.385. The maximum Gasteiger partial charge on any atom is 0.282 e. The van der Waals surface area contributed by atoms with Crippen LogP contribution in [0, 0.1) is 21.8 Å². The van der Waals surface area contributed by atoms with Gasteiger partial charge in [0.15, 0.2) is 11.5 Å². The topological polar surface area (TPSA) is 119 Å². The molecule has 0 aliphatic heterocycles. The van der Waals surface area contributed by atoms with Gasteiger partial charge in [-0.05, 0) is 25.2 Å². The van der Waals surface area contributed by atoms with Gasteiger partial charge in [0, 0.05) is 0 Å². The molecule has 110 valence electrons. The van der Waals surface area contributed by atoms with Crippen molar-refractivity contribution in [1.82, 2.24) is 14.9 Å². The largest absolute Gasteiger partial charge is 0.504 e. The van der Waals surface area contributed by atoms with E-state index in [1.54, 1.807) is 6.92 Å². The van der Waals surface area contributed by atoms with Crippen molar-refractivity contribution >= 4 is 24.1 Å². The van der Waals surface area contributed by atoms with Gasteiger partial charge < -0.3 is 9.84 Å². The molecule has 0 saturated carbocycles. The summed E-state index contributed by atoms with van der Waals surface area (Å²) in [6.07, 6.45) is 1.22. The highest BCUT2D eigenvalue weighted by atomic mass is 32.1. The Balaban J connectivity index is 2.51. The van der Waals surface area contributed by atoms with Crippen molar-refractivity contribution in [2.45, 2.75) is 6.92 Å². The molecule has 1 heterocycles. The van der Waals surface area contributed by atoms with Crippen LogP contribution < -0.4 is 4.74 Å². The molecule has 0 atom stereocenters. The molecule has 0 saturated heterocycles. The van der Waals surface area contributed by atoms with E-state index in [0.29, 0.717) is 5.82 Å². The second-order valence-corrected chi connectivity index (χ2v) is 4.36. The van der Waals surface area contributed by atoms with Crippen LogP contribution in [0.1, 0.15) is 11.4 Å². The number of rotatable bonds is 4. The lowest BCUT2D eigenvalue weighted by atomic mass is 10.1. The van der Waals surface area contributed by atoms with E-state index in [2.05, 4.69) is 15.3 Å². The quantitative estimate of drug-likeness (QED) is 0.384. The van der Waals surface area contributed by atoms with Crippen LogP contribution >= 0.6 is 12.2 Å². The lowest BCUT2D eigenvalue weighted by Gasteiger charge is -2.05. The lowest BCUT2D eigenvalue weighted by Crippen LogP contribution is -1.99. The Morgan fingerprint density at radius 2 is 2.33 bits per heavy atom. The summed E-state index contributed by atoms with van der Waals surface area (Å²) in [5, 5.41) is 31.2. The minimum atomic E-state index is -0.592. The van der Waals surface area contributed by atoms with Crippen LogP contribution in [0.3, 0.4) is 0 Å². The maximum absolute atomic E-state index is 11.1. The number of aryl methyl sites for hydroxylation is 1.